The zero-order valence-corrected chi connectivity index (χ0v) is 13.4. The van der Waals surface area contributed by atoms with E-state index in [4.69, 9.17) is 16.8 Å². The van der Waals surface area contributed by atoms with Gasteiger partial charge in [-0.25, -0.2) is 4.85 Å². The SMILES string of the molecule is CC(C)(C)NC(=O)c1ccc(O)cc1.[C-]#[N+]c1ccc(O)cc1. The Labute approximate surface area is 136 Å². The molecule has 0 fully saturated rings. The van der Waals surface area contributed by atoms with Gasteiger partial charge in [0, 0.05) is 11.1 Å². The third-order valence-electron chi connectivity index (χ3n) is 2.60. The Hall–Kier alpha value is -3.00. The van der Waals surface area contributed by atoms with Crippen LogP contribution in [0.5, 0.6) is 11.5 Å². The number of carbonyl (C=O) groups excluding carboxylic acids is 1. The summed E-state index contributed by atoms with van der Waals surface area (Å²) >= 11 is 0. The zero-order valence-electron chi connectivity index (χ0n) is 13.4. The fraction of sp³-hybridized carbons (Fsp3) is 0.222. The molecule has 0 saturated carbocycles. The third-order valence-corrected chi connectivity index (χ3v) is 2.60. The zero-order chi connectivity index (χ0) is 17.5. The van der Waals surface area contributed by atoms with Gasteiger partial charge >= 0.3 is 0 Å². The number of nitrogens with one attached hydrogen (secondary N) is 1. The number of phenols is 2. The van der Waals surface area contributed by atoms with Crippen molar-refractivity contribution in [2.24, 2.45) is 0 Å². The molecule has 0 aliphatic heterocycles. The van der Waals surface area contributed by atoms with Crippen LogP contribution < -0.4 is 5.32 Å². The van der Waals surface area contributed by atoms with E-state index in [1.165, 1.54) is 24.3 Å². The molecule has 1 amide bonds. The molecular weight excluding hydrogens is 292 g/mol. The van der Waals surface area contributed by atoms with Crippen molar-refractivity contribution in [3.05, 3.63) is 65.5 Å². The second-order valence-electron chi connectivity index (χ2n) is 5.88. The smallest absolute Gasteiger partial charge is 0.251 e. The van der Waals surface area contributed by atoms with Crippen molar-refractivity contribution in [1.82, 2.24) is 5.32 Å². The van der Waals surface area contributed by atoms with Crippen molar-refractivity contribution in [1.29, 1.82) is 0 Å². The van der Waals surface area contributed by atoms with Crippen LogP contribution in [0.15, 0.2) is 48.5 Å². The number of rotatable bonds is 1. The summed E-state index contributed by atoms with van der Waals surface area (Å²) in [6.45, 7) is 12.3. The Balaban J connectivity index is 0.000000253. The summed E-state index contributed by atoms with van der Waals surface area (Å²) in [5.41, 5.74) is 0.861. The molecule has 3 N–H and O–H groups in total. The van der Waals surface area contributed by atoms with Gasteiger partial charge in [0.1, 0.15) is 11.5 Å². The van der Waals surface area contributed by atoms with Crippen LogP contribution in [0.25, 0.3) is 4.85 Å². The van der Waals surface area contributed by atoms with Gasteiger partial charge in [0.25, 0.3) is 5.91 Å². The molecule has 120 valence electrons. The summed E-state index contributed by atoms with van der Waals surface area (Å²) in [6.07, 6.45) is 0. The molecule has 0 spiro atoms. The molecule has 5 heteroatoms. The summed E-state index contributed by atoms with van der Waals surface area (Å²) in [5, 5.41) is 20.6. The van der Waals surface area contributed by atoms with Crippen molar-refractivity contribution in [2.45, 2.75) is 26.3 Å². The van der Waals surface area contributed by atoms with E-state index >= 15 is 0 Å². The number of hydrogen-bond donors (Lipinski definition) is 3. The highest BCUT2D eigenvalue weighted by atomic mass is 16.3. The molecule has 2 aromatic carbocycles. The quantitative estimate of drug-likeness (QED) is 0.700. The van der Waals surface area contributed by atoms with Crippen LogP contribution in [0.2, 0.25) is 0 Å². The largest absolute Gasteiger partial charge is 0.508 e. The molecule has 0 heterocycles. The van der Waals surface area contributed by atoms with E-state index in [1.54, 1.807) is 24.3 Å². The van der Waals surface area contributed by atoms with Crippen molar-refractivity contribution in [2.75, 3.05) is 0 Å². The molecule has 5 nitrogen and oxygen atoms in total. The first kappa shape index (κ1) is 18.1. The molecule has 0 atom stereocenters. The fourth-order valence-electron chi connectivity index (χ4n) is 1.55. The predicted molar refractivity (Wildman–Crippen MR) is 89.7 cm³/mol. The fourth-order valence-corrected chi connectivity index (χ4v) is 1.55. The lowest BCUT2D eigenvalue weighted by atomic mass is 10.1. The number of hydrogen-bond acceptors (Lipinski definition) is 3. The molecule has 0 saturated heterocycles. The van der Waals surface area contributed by atoms with E-state index in [2.05, 4.69) is 10.2 Å². The number of nitrogens with zero attached hydrogens (tertiary/aromatic N) is 1. The number of aromatic hydroxyl groups is 2. The van der Waals surface area contributed by atoms with Gasteiger partial charge in [-0.1, -0.05) is 12.1 Å². The number of carbonyl (C=O) groups is 1. The van der Waals surface area contributed by atoms with E-state index in [0.717, 1.165) is 0 Å². The molecule has 0 aromatic heterocycles. The highest BCUT2D eigenvalue weighted by Crippen LogP contribution is 2.15. The van der Waals surface area contributed by atoms with E-state index in [1.807, 2.05) is 20.8 Å². The molecule has 2 aromatic rings. The summed E-state index contributed by atoms with van der Waals surface area (Å²) in [7, 11) is 0. The van der Waals surface area contributed by atoms with Gasteiger partial charge in [-0.3, -0.25) is 4.79 Å². The summed E-state index contributed by atoms with van der Waals surface area (Å²) in [4.78, 5) is 14.7. The first-order valence-corrected chi connectivity index (χ1v) is 6.99. The molecule has 23 heavy (non-hydrogen) atoms. The number of amides is 1. The summed E-state index contributed by atoms with van der Waals surface area (Å²) < 4.78 is 0. The van der Waals surface area contributed by atoms with Gasteiger partial charge in [-0.05, 0) is 57.2 Å². The van der Waals surface area contributed by atoms with E-state index in [0.29, 0.717) is 11.3 Å². The van der Waals surface area contributed by atoms with Crippen LogP contribution in [0.3, 0.4) is 0 Å². The topological polar surface area (TPSA) is 73.9 Å². The Morgan fingerprint density at radius 2 is 1.39 bits per heavy atom. The first-order valence-electron chi connectivity index (χ1n) is 6.99. The first-order chi connectivity index (χ1) is 10.7. The Bertz CT molecular complexity index is 678. The van der Waals surface area contributed by atoms with E-state index in [-0.39, 0.29) is 22.9 Å². The van der Waals surface area contributed by atoms with Crippen LogP contribution in [-0.2, 0) is 0 Å². The Morgan fingerprint density at radius 1 is 0.957 bits per heavy atom. The normalized spacial score (nSPS) is 10.0. The van der Waals surface area contributed by atoms with Crippen molar-refractivity contribution < 1.29 is 15.0 Å². The van der Waals surface area contributed by atoms with Crippen molar-refractivity contribution >= 4 is 11.6 Å². The molecule has 0 aliphatic rings. The van der Waals surface area contributed by atoms with Gasteiger partial charge in [0.2, 0.25) is 0 Å². The molecular formula is C18H20N2O3. The van der Waals surface area contributed by atoms with Crippen LogP contribution in [0.1, 0.15) is 31.1 Å². The average molecular weight is 312 g/mol. The van der Waals surface area contributed by atoms with Gasteiger partial charge in [-0.2, -0.15) is 0 Å². The minimum Gasteiger partial charge on any atom is -0.508 e. The summed E-state index contributed by atoms with van der Waals surface area (Å²) in [5.74, 6) is 0.234. The minimum absolute atomic E-state index is 0.127. The monoisotopic (exact) mass is 312 g/mol. The number of benzene rings is 2. The lowest BCUT2D eigenvalue weighted by Gasteiger charge is -2.20. The molecule has 0 bridgehead atoms. The second kappa shape index (κ2) is 7.85. The lowest BCUT2D eigenvalue weighted by Crippen LogP contribution is -2.40. The Kier molecular flexibility index (Phi) is 6.16. The Morgan fingerprint density at radius 3 is 1.78 bits per heavy atom. The van der Waals surface area contributed by atoms with Crippen molar-refractivity contribution in [3.63, 3.8) is 0 Å². The van der Waals surface area contributed by atoms with E-state index < -0.39 is 0 Å². The standard InChI is InChI=1S/C11H15NO2.C7H5NO/c1-11(2,3)12-10(14)8-4-6-9(13)7-5-8;1-8-6-2-4-7(9)5-3-6/h4-7,13H,1-3H3,(H,12,14);2-5,9H. The maximum atomic E-state index is 11.6. The highest BCUT2D eigenvalue weighted by molar-refractivity contribution is 5.94. The second-order valence-corrected chi connectivity index (χ2v) is 5.88. The minimum atomic E-state index is -0.241. The van der Waals surface area contributed by atoms with E-state index in [9.17, 15) is 4.79 Å². The summed E-state index contributed by atoms with van der Waals surface area (Å²) in [6, 6.07) is 12.3. The molecule has 2 rings (SSSR count). The maximum absolute atomic E-state index is 11.6. The van der Waals surface area contributed by atoms with Crippen molar-refractivity contribution in [3.8, 4) is 11.5 Å². The predicted octanol–water partition coefficient (Wildman–Crippen LogP) is 3.86. The molecule has 0 radical (unpaired) electrons. The molecule has 0 unspecified atom stereocenters. The van der Waals surface area contributed by atoms with Gasteiger partial charge in [-0.15, -0.1) is 0 Å². The van der Waals surface area contributed by atoms with Gasteiger partial charge in [0.05, 0.1) is 6.57 Å². The maximum Gasteiger partial charge on any atom is 0.251 e. The lowest BCUT2D eigenvalue weighted by molar-refractivity contribution is 0.0919. The van der Waals surface area contributed by atoms with Crippen LogP contribution in [0.4, 0.5) is 5.69 Å². The highest BCUT2D eigenvalue weighted by Gasteiger charge is 2.14. The van der Waals surface area contributed by atoms with Crippen LogP contribution in [-0.4, -0.2) is 21.7 Å². The van der Waals surface area contributed by atoms with Gasteiger partial charge < -0.3 is 15.5 Å². The van der Waals surface area contributed by atoms with Gasteiger partial charge in [0.15, 0.2) is 5.69 Å². The molecule has 0 aliphatic carbocycles. The average Bonchev–Trinajstić information content (AvgIpc) is 2.47. The van der Waals surface area contributed by atoms with Crippen LogP contribution >= 0.6 is 0 Å². The number of phenolic OH excluding ortho intramolecular Hbond substituents is 2. The third kappa shape index (κ3) is 7.00. The van der Waals surface area contributed by atoms with Crippen LogP contribution in [0, 0.1) is 6.57 Å².